The molecule has 2 rings (SSSR count). The van der Waals surface area contributed by atoms with Crippen molar-refractivity contribution < 1.29 is 4.79 Å². The van der Waals surface area contributed by atoms with E-state index in [2.05, 4.69) is 29.5 Å². The van der Waals surface area contributed by atoms with E-state index in [0.717, 1.165) is 70.9 Å². The zero-order valence-corrected chi connectivity index (χ0v) is 18.3. The van der Waals surface area contributed by atoms with Gasteiger partial charge in [0.25, 0.3) is 0 Å². The Labute approximate surface area is 170 Å². The molecule has 0 spiro atoms. The molecule has 146 valence electrons. The highest BCUT2D eigenvalue weighted by molar-refractivity contribution is 14.0. The molecule has 2 saturated heterocycles. The highest BCUT2D eigenvalue weighted by atomic mass is 127. The maximum atomic E-state index is 12.0. The fourth-order valence-corrected chi connectivity index (χ4v) is 3.49. The molecule has 7 heteroatoms. The van der Waals surface area contributed by atoms with Gasteiger partial charge in [0.05, 0.1) is 0 Å². The minimum Gasteiger partial charge on any atom is -0.357 e. The van der Waals surface area contributed by atoms with Gasteiger partial charge in [0, 0.05) is 45.7 Å². The highest BCUT2D eigenvalue weighted by Gasteiger charge is 2.19. The Morgan fingerprint density at radius 2 is 2.08 bits per heavy atom. The fraction of sp³-hybridized carbons (Fsp3) is 0.889. The standard InChI is InChI=1S/C18H35N5O.HI/c1-3-19-18(21-14-16-9-13-22(2)15-16)20-10-7-12-23-11-6-4-5-8-17(23)24;/h16H,3-15H2,1-2H3,(H2,19,20,21);1H. The SMILES string of the molecule is CCNC(=NCC1CCN(C)C1)NCCCN1CCCCCC1=O.I. The van der Waals surface area contributed by atoms with Crippen molar-refractivity contribution in [3.8, 4) is 0 Å². The van der Waals surface area contributed by atoms with Crippen molar-refractivity contribution in [2.45, 2.75) is 45.4 Å². The maximum Gasteiger partial charge on any atom is 0.222 e. The Hall–Kier alpha value is -0.570. The molecule has 0 aromatic heterocycles. The molecule has 0 radical (unpaired) electrons. The minimum atomic E-state index is 0. The summed E-state index contributed by atoms with van der Waals surface area (Å²) in [5, 5.41) is 6.73. The number of rotatable bonds is 7. The predicted octanol–water partition coefficient (Wildman–Crippen LogP) is 1.90. The van der Waals surface area contributed by atoms with Crippen molar-refractivity contribution in [1.82, 2.24) is 20.4 Å². The fourth-order valence-electron chi connectivity index (χ4n) is 3.49. The molecule has 1 unspecified atom stereocenters. The van der Waals surface area contributed by atoms with Crippen LogP contribution in [0.5, 0.6) is 0 Å². The molecular formula is C18H36IN5O. The van der Waals surface area contributed by atoms with Crippen molar-refractivity contribution in [2.24, 2.45) is 10.9 Å². The van der Waals surface area contributed by atoms with E-state index in [4.69, 9.17) is 4.99 Å². The minimum absolute atomic E-state index is 0. The molecule has 0 saturated carbocycles. The first-order valence-electron chi connectivity index (χ1n) is 9.67. The van der Waals surface area contributed by atoms with Gasteiger partial charge in [0.2, 0.25) is 5.91 Å². The third-order valence-corrected chi connectivity index (χ3v) is 4.91. The third kappa shape index (κ3) is 8.57. The van der Waals surface area contributed by atoms with Crippen LogP contribution in [0.25, 0.3) is 0 Å². The summed E-state index contributed by atoms with van der Waals surface area (Å²) in [5.74, 6) is 1.92. The second-order valence-electron chi connectivity index (χ2n) is 7.11. The van der Waals surface area contributed by atoms with Crippen LogP contribution in [-0.4, -0.2) is 74.5 Å². The molecule has 0 aromatic carbocycles. The van der Waals surface area contributed by atoms with E-state index < -0.39 is 0 Å². The first-order valence-corrected chi connectivity index (χ1v) is 9.67. The van der Waals surface area contributed by atoms with Crippen LogP contribution in [-0.2, 0) is 4.79 Å². The van der Waals surface area contributed by atoms with Gasteiger partial charge in [0.1, 0.15) is 0 Å². The summed E-state index contributed by atoms with van der Waals surface area (Å²) in [6.45, 7) is 8.86. The molecule has 2 heterocycles. The van der Waals surface area contributed by atoms with Crippen LogP contribution in [0.3, 0.4) is 0 Å². The van der Waals surface area contributed by atoms with Gasteiger partial charge in [-0.3, -0.25) is 9.79 Å². The largest absolute Gasteiger partial charge is 0.357 e. The summed E-state index contributed by atoms with van der Waals surface area (Å²) in [6, 6.07) is 0. The van der Waals surface area contributed by atoms with Crippen LogP contribution < -0.4 is 10.6 Å². The quantitative estimate of drug-likeness (QED) is 0.261. The predicted molar refractivity (Wildman–Crippen MR) is 115 cm³/mol. The van der Waals surface area contributed by atoms with Crippen molar-refractivity contribution in [1.29, 1.82) is 0 Å². The van der Waals surface area contributed by atoms with Crippen molar-refractivity contribution in [3.63, 3.8) is 0 Å². The summed E-state index contributed by atoms with van der Waals surface area (Å²) in [5.41, 5.74) is 0. The number of guanidine groups is 1. The topological polar surface area (TPSA) is 60.0 Å². The lowest BCUT2D eigenvalue weighted by Crippen LogP contribution is -2.39. The Bertz CT molecular complexity index is 418. The van der Waals surface area contributed by atoms with Gasteiger partial charge in [-0.05, 0) is 52.1 Å². The normalized spacial score (nSPS) is 22.5. The molecule has 25 heavy (non-hydrogen) atoms. The summed E-state index contributed by atoms with van der Waals surface area (Å²) >= 11 is 0. The van der Waals surface area contributed by atoms with Crippen LogP contribution in [0.1, 0.15) is 45.4 Å². The number of halogens is 1. The molecule has 0 aromatic rings. The molecule has 0 bridgehead atoms. The van der Waals surface area contributed by atoms with Crippen LogP contribution in [0.15, 0.2) is 4.99 Å². The average molecular weight is 465 g/mol. The van der Waals surface area contributed by atoms with E-state index in [1.165, 1.54) is 19.4 Å². The first-order chi connectivity index (χ1) is 11.7. The number of likely N-dealkylation sites (tertiary alicyclic amines) is 2. The second kappa shape index (κ2) is 12.7. The number of carbonyl (C=O) groups is 1. The Kier molecular flexibility index (Phi) is 11.4. The molecule has 0 aliphatic carbocycles. The lowest BCUT2D eigenvalue weighted by atomic mass is 10.1. The van der Waals surface area contributed by atoms with Gasteiger partial charge >= 0.3 is 0 Å². The number of nitrogens with one attached hydrogen (secondary N) is 2. The molecular weight excluding hydrogens is 429 g/mol. The summed E-state index contributed by atoms with van der Waals surface area (Å²) < 4.78 is 0. The number of carbonyl (C=O) groups excluding carboxylic acids is 1. The smallest absolute Gasteiger partial charge is 0.222 e. The van der Waals surface area contributed by atoms with Gasteiger partial charge < -0.3 is 20.4 Å². The maximum absolute atomic E-state index is 12.0. The van der Waals surface area contributed by atoms with E-state index >= 15 is 0 Å². The van der Waals surface area contributed by atoms with E-state index in [1.54, 1.807) is 0 Å². The third-order valence-electron chi connectivity index (χ3n) is 4.91. The Morgan fingerprint density at radius 3 is 2.80 bits per heavy atom. The van der Waals surface area contributed by atoms with E-state index in [1.807, 2.05) is 4.90 Å². The molecule has 1 atom stereocenters. The van der Waals surface area contributed by atoms with Gasteiger partial charge in [0.15, 0.2) is 5.96 Å². The zero-order chi connectivity index (χ0) is 17.2. The Morgan fingerprint density at radius 1 is 1.24 bits per heavy atom. The van der Waals surface area contributed by atoms with Crippen molar-refractivity contribution >= 4 is 35.8 Å². The highest BCUT2D eigenvalue weighted by Crippen LogP contribution is 2.14. The van der Waals surface area contributed by atoms with Crippen LogP contribution in [0.2, 0.25) is 0 Å². The van der Waals surface area contributed by atoms with Gasteiger partial charge in [-0.25, -0.2) is 0 Å². The van der Waals surface area contributed by atoms with Crippen LogP contribution >= 0.6 is 24.0 Å². The van der Waals surface area contributed by atoms with Gasteiger partial charge in [-0.1, -0.05) is 6.42 Å². The van der Waals surface area contributed by atoms with Crippen LogP contribution in [0, 0.1) is 5.92 Å². The van der Waals surface area contributed by atoms with Crippen molar-refractivity contribution in [2.75, 3.05) is 52.9 Å². The molecule has 2 aliphatic heterocycles. The molecule has 2 N–H and O–H groups in total. The number of amides is 1. The first kappa shape index (κ1) is 22.5. The van der Waals surface area contributed by atoms with Crippen molar-refractivity contribution in [3.05, 3.63) is 0 Å². The molecule has 2 aliphatic rings. The average Bonchev–Trinajstić information content (AvgIpc) is 2.87. The van der Waals surface area contributed by atoms with E-state index in [0.29, 0.717) is 11.8 Å². The van der Waals surface area contributed by atoms with Gasteiger partial charge in [-0.2, -0.15) is 0 Å². The number of nitrogens with zero attached hydrogens (tertiary/aromatic N) is 3. The second-order valence-corrected chi connectivity index (χ2v) is 7.11. The number of hydrogen-bond donors (Lipinski definition) is 2. The zero-order valence-electron chi connectivity index (χ0n) is 15.9. The summed E-state index contributed by atoms with van der Waals surface area (Å²) in [6.07, 6.45) is 6.35. The summed E-state index contributed by atoms with van der Waals surface area (Å²) in [7, 11) is 2.18. The van der Waals surface area contributed by atoms with E-state index in [-0.39, 0.29) is 24.0 Å². The number of hydrogen-bond acceptors (Lipinski definition) is 3. The molecule has 2 fully saturated rings. The Balaban J connectivity index is 0.00000312. The lowest BCUT2D eigenvalue weighted by molar-refractivity contribution is -0.130. The summed E-state index contributed by atoms with van der Waals surface area (Å²) in [4.78, 5) is 21.1. The van der Waals surface area contributed by atoms with E-state index in [9.17, 15) is 4.79 Å². The molecule has 1 amide bonds. The number of aliphatic imine (C=N–C) groups is 1. The monoisotopic (exact) mass is 465 g/mol. The van der Waals surface area contributed by atoms with Gasteiger partial charge in [-0.15, -0.1) is 24.0 Å². The lowest BCUT2D eigenvalue weighted by Gasteiger charge is -2.21. The van der Waals surface area contributed by atoms with Crippen LogP contribution in [0.4, 0.5) is 0 Å². The molecule has 6 nitrogen and oxygen atoms in total.